The largest absolute Gasteiger partial charge is 0.461 e. The predicted octanol–water partition coefficient (Wildman–Crippen LogP) is 2.01. The average molecular weight is 293 g/mol. The number of aromatic amines is 1. The normalized spacial score (nSPS) is 10.9. The third kappa shape index (κ3) is 2.37. The number of anilines is 1. The minimum Gasteiger partial charge on any atom is -0.461 e. The minimum atomic E-state index is 0.465. The molecule has 8 heteroatoms. The van der Waals surface area contributed by atoms with Gasteiger partial charge >= 0.3 is 0 Å². The van der Waals surface area contributed by atoms with Gasteiger partial charge in [-0.2, -0.15) is 0 Å². The summed E-state index contributed by atoms with van der Waals surface area (Å²) in [5.41, 5.74) is 1.36. The van der Waals surface area contributed by atoms with Crippen LogP contribution in [-0.2, 0) is 6.54 Å². The molecule has 0 radical (unpaired) electrons. The zero-order valence-corrected chi connectivity index (χ0v) is 11.4. The highest BCUT2D eigenvalue weighted by Gasteiger charge is 2.08. The molecule has 0 atom stereocenters. The lowest BCUT2D eigenvalue weighted by Gasteiger charge is -2.03. The molecule has 0 saturated carbocycles. The fourth-order valence-electron chi connectivity index (χ4n) is 2.02. The van der Waals surface area contributed by atoms with Gasteiger partial charge in [-0.15, -0.1) is 5.10 Å². The maximum Gasteiger partial charge on any atom is 0.216 e. The van der Waals surface area contributed by atoms with Crippen molar-refractivity contribution >= 4 is 17.0 Å². The first-order chi connectivity index (χ1) is 10.9. The van der Waals surface area contributed by atoms with Crippen molar-refractivity contribution in [3.05, 3.63) is 48.7 Å². The molecule has 0 aliphatic heterocycles. The molecule has 4 rings (SSSR count). The summed E-state index contributed by atoms with van der Waals surface area (Å²) in [6.45, 7) is 0.465. The number of pyridine rings is 1. The van der Waals surface area contributed by atoms with Crippen molar-refractivity contribution in [2.75, 3.05) is 5.32 Å². The first-order valence-corrected chi connectivity index (χ1v) is 6.65. The molecule has 0 saturated heterocycles. The van der Waals surface area contributed by atoms with Crippen LogP contribution >= 0.6 is 0 Å². The Hall–Kier alpha value is -3.29. The molecule has 4 heterocycles. The van der Waals surface area contributed by atoms with Crippen molar-refractivity contribution in [1.82, 2.24) is 30.1 Å². The zero-order chi connectivity index (χ0) is 14.8. The predicted molar refractivity (Wildman–Crippen MR) is 78.7 cm³/mol. The maximum atomic E-state index is 5.25. The van der Waals surface area contributed by atoms with E-state index in [2.05, 4.69) is 35.5 Å². The van der Waals surface area contributed by atoms with Gasteiger partial charge in [-0.1, -0.05) is 0 Å². The molecule has 8 nitrogen and oxygen atoms in total. The van der Waals surface area contributed by atoms with E-state index in [1.54, 1.807) is 24.7 Å². The van der Waals surface area contributed by atoms with Gasteiger partial charge in [0.15, 0.2) is 11.4 Å². The van der Waals surface area contributed by atoms with Gasteiger partial charge < -0.3 is 9.73 Å². The molecule has 4 aromatic heterocycles. The van der Waals surface area contributed by atoms with Crippen molar-refractivity contribution in [3.8, 4) is 11.6 Å². The lowest BCUT2D eigenvalue weighted by atomic mass is 10.4. The van der Waals surface area contributed by atoms with Crippen LogP contribution in [-0.4, -0.2) is 30.1 Å². The molecule has 4 aromatic rings. The Kier molecular flexibility index (Phi) is 2.97. The fourth-order valence-corrected chi connectivity index (χ4v) is 2.02. The van der Waals surface area contributed by atoms with Crippen LogP contribution in [0.3, 0.4) is 0 Å². The second-order valence-electron chi connectivity index (χ2n) is 4.53. The van der Waals surface area contributed by atoms with E-state index in [4.69, 9.17) is 4.42 Å². The van der Waals surface area contributed by atoms with Gasteiger partial charge in [-0.3, -0.25) is 10.1 Å². The molecule has 108 valence electrons. The Bertz CT molecular complexity index is 900. The van der Waals surface area contributed by atoms with E-state index in [1.807, 2.05) is 18.2 Å². The van der Waals surface area contributed by atoms with Crippen molar-refractivity contribution in [3.63, 3.8) is 0 Å². The van der Waals surface area contributed by atoms with E-state index in [0.29, 0.717) is 35.4 Å². The van der Waals surface area contributed by atoms with Crippen LogP contribution in [0.1, 0.15) is 5.82 Å². The first-order valence-electron chi connectivity index (χ1n) is 6.65. The van der Waals surface area contributed by atoms with E-state index in [0.717, 1.165) is 5.52 Å². The molecule has 0 spiro atoms. The number of hydrogen-bond donors (Lipinski definition) is 2. The zero-order valence-electron chi connectivity index (χ0n) is 11.4. The summed E-state index contributed by atoms with van der Waals surface area (Å²) >= 11 is 0. The second-order valence-corrected chi connectivity index (χ2v) is 4.53. The lowest BCUT2D eigenvalue weighted by Crippen LogP contribution is -2.03. The van der Waals surface area contributed by atoms with Crippen LogP contribution in [0, 0.1) is 0 Å². The second kappa shape index (κ2) is 5.24. The van der Waals surface area contributed by atoms with Gasteiger partial charge in [0, 0.05) is 12.4 Å². The van der Waals surface area contributed by atoms with E-state index in [-0.39, 0.29) is 0 Å². The van der Waals surface area contributed by atoms with Crippen LogP contribution in [0.2, 0.25) is 0 Å². The average Bonchev–Trinajstić information content (AvgIpc) is 3.24. The lowest BCUT2D eigenvalue weighted by molar-refractivity contribution is 0.577. The Morgan fingerprint density at radius 1 is 1.09 bits per heavy atom. The third-order valence-electron chi connectivity index (χ3n) is 3.04. The summed E-state index contributed by atoms with van der Waals surface area (Å²) < 4.78 is 5.25. The van der Waals surface area contributed by atoms with Crippen LogP contribution in [0.5, 0.6) is 0 Å². The Balaban J connectivity index is 1.49. The highest BCUT2D eigenvalue weighted by atomic mass is 16.3. The first kappa shape index (κ1) is 12.5. The Labute approximate surface area is 124 Å². The highest BCUT2D eigenvalue weighted by Crippen LogP contribution is 2.15. The molecule has 0 aliphatic rings. The summed E-state index contributed by atoms with van der Waals surface area (Å²) in [4.78, 5) is 17.1. The summed E-state index contributed by atoms with van der Waals surface area (Å²) in [5, 5.41) is 10.1. The van der Waals surface area contributed by atoms with E-state index in [9.17, 15) is 0 Å². The molecular weight excluding hydrogens is 282 g/mol. The quantitative estimate of drug-likeness (QED) is 0.593. The Morgan fingerprint density at radius 3 is 2.95 bits per heavy atom. The Morgan fingerprint density at radius 2 is 2.05 bits per heavy atom. The topological polar surface area (TPSA) is 105 Å². The number of hydrogen-bond acceptors (Lipinski definition) is 7. The molecule has 0 unspecified atom stereocenters. The van der Waals surface area contributed by atoms with Gasteiger partial charge in [0.1, 0.15) is 17.2 Å². The molecule has 0 aromatic carbocycles. The van der Waals surface area contributed by atoms with Crippen LogP contribution < -0.4 is 5.32 Å². The van der Waals surface area contributed by atoms with Crippen molar-refractivity contribution in [2.45, 2.75) is 6.54 Å². The van der Waals surface area contributed by atoms with Gasteiger partial charge in [0.2, 0.25) is 5.82 Å². The molecule has 0 bridgehead atoms. The summed E-state index contributed by atoms with van der Waals surface area (Å²) in [6.07, 6.45) is 4.84. The molecular formula is C14H11N7O. The third-order valence-corrected chi connectivity index (χ3v) is 3.04. The number of aromatic nitrogens is 6. The van der Waals surface area contributed by atoms with Crippen molar-refractivity contribution in [2.24, 2.45) is 0 Å². The summed E-state index contributed by atoms with van der Waals surface area (Å²) in [5.74, 6) is 2.54. The number of furan rings is 1. The molecule has 2 N–H and O–H groups in total. The van der Waals surface area contributed by atoms with Crippen LogP contribution in [0.15, 0.2) is 47.3 Å². The number of H-pyrrole nitrogens is 1. The maximum absolute atomic E-state index is 5.25. The number of fused-ring (bicyclic) bond motifs is 1. The number of rotatable bonds is 4. The molecule has 22 heavy (non-hydrogen) atoms. The smallest absolute Gasteiger partial charge is 0.216 e. The monoisotopic (exact) mass is 293 g/mol. The van der Waals surface area contributed by atoms with E-state index in [1.165, 1.54) is 0 Å². The summed E-state index contributed by atoms with van der Waals surface area (Å²) in [6, 6.07) is 7.32. The van der Waals surface area contributed by atoms with Crippen molar-refractivity contribution in [1.29, 1.82) is 0 Å². The molecule has 0 amide bonds. The van der Waals surface area contributed by atoms with Gasteiger partial charge in [0.25, 0.3) is 0 Å². The summed E-state index contributed by atoms with van der Waals surface area (Å²) in [7, 11) is 0. The standard InChI is InChI=1S/C14H11N7O/c1-2-10(22-7-1)14-19-12(20-21-14)8-17-11-4-3-9-13(18-11)16-6-5-15-9/h1-7H,8H2,(H,16,17,18)(H,19,20,21). The number of nitrogens with zero attached hydrogens (tertiary/aromatic N) is 5. The highest BCUT2D eigenvalue weighted by molar-refractivity contribution is 5.71. The van der Waals surface area contributed by atoms with E-state index >= 15 is 0 Å². The van der Waals surface area contributed by atoms with E-state index < -0.39 is 0 Å². The van der Waals surface area contributed by atoms with Crippen molar-refractivity contribution < 1.29 is 4.42 Å². The van der Waals surface area contributed by atoms with Crippen LogP contribution in [0.25, 0.3) is 22.7 Å². The van der Waals surface area contributed by atoms with Crippen LogP contribution in [0.4, 0.5) is 5.82 Å². The fraction of sp³-hybridized carbons (Fsp3) is 0.0714. The van der Waals surface area contributed by atoms with Gasteiger partial charge in [-0.25, -0.2) is 15.0 Å². The SMILES string of the molecule is c1coc(-c2n[nH]c(CNc3ccc4nccnc4n3)n2)c1. The van der Waals surface area contributed by atoms with Gasteiger partial charge in [0.05, 0.1) is 12.8 Å². The minimum absolute atomic E-state index is 0.465. The van der Waals surface area contributed by atoms with Gasteiger partial charge in [-0.05, 0) is 24.3 Å². The molecule has 0 aliphatic carbocycles. The molecule has 0 fully saturated rings. The number of nitrogens with one attached hydrogen (secondary N) is 2.